The molecule has 0 heterocycles. The number of amides is 2. The summed E-state index contributed by atoms with van der Waals surface area (Å²) >= 11 is 0. The van der Waals surface area contributed by atoms with Gasteiger partial charge in [0, 0.05) is 28.2 Å². The standard InChI is InChI=1S/C8H16N2O4S/c1-9(2)7(11)5-15(13,14)6-8(12)10(3)4/h5-6H2,1-4H3. The van der Waals surface area contributed by atoms with Gasteiger partial charge >= 0.3 is 0 Å². The maximum atomic E-state index is 11.4. The number of nitrogens with zero attached hydrogens (tertiary/aromatic N) is 2. The third-order valence-electron chi connectivity index (χ3n) is 1.68. The molecule has 6 nitrogen and oxygen atoms in total. The van der Waals surface area contributed by atoms with Crippen LogP contribution < -0.4 is 0 Å². The van der Waals surface area contributed by atoms with Crippen molar-refractivity contribution in [2.45, 2.75) is 0 Å². The van der Waals surface area contributed by atoms with Crippen LogP contribution in [0.2, 0.25) is 0 Å². The van der Waals surface area contributed by atoms with Gasteiger partial charge in [0.15, 0.2) is 9.84 Å². The second kappa shape index (κ2) is 5.11. The van der Waals surface area contributed by atoms with E-state index in [-0.39, 0.29) is 0 Å². The average Bonchev–Trinajstić information content (AvgIpc) is 2.01. The van der Waals surface area contributed by atoms with E-state index in [2.05, 4.69) is 0 Å². The van der Waals surface area contributed by atoms with Gasteiger partial charge in [-0.25, -0.2) is 8.42 Å². The Labute approximate surface area is 89.8 Å². The van der Waals surface area contributed by atoms with Crippen LogP contribution in [0.15, 0.2) is 0 Å². The van der Waals surface area contributed by atoms with Crippen molar-refractivity contribution in [3.63, 3.8) is 0 Å². The van der Waals surface area contributed by atoms with E-state index in [4.69, 9.17) is 0 Å². The fourth-order valence-corrected chi connectivity index (χ4v) is 2.06. The van der Waals surface area contributed by atoms with Crippen LogP contribution in [0, 0.1) is 0 Å². The van der Waals surface area contributed by atoms with Crippen molar-refractivity contribution < 1.29 is 18.0 Å². The highest BCUT2D eigenvalue weighted by atomic mass is 32.2. The second-order valence-corrected chi connectivity index (χ2v) is 5.67. The summed E-state index contributed by atoms with van der Waals surface area (Å²) in [5.41, 5.74) is 0. The molecule has 0 N–H and O–H groups in total. The first kappa shape index (κ1) is 13.9. The molecule has 0 aromatic heterocycles. The van der Waals surface area contributed by atoms with Crippen molar-refractivity contribution >= 4 is 21.7 Å². The Morgan fingerprint density at radius 1 is 0.867 bits per heavy atom. The third kappa shape index (κ3) is 5.36. The Morgan fingerprint density at radius 2 is 1.13 bits per heavy atom. The largest absolute Gasteiger partial charge is 0.348 e. The fourth-order valence-electron chi connectivity index (χ4n) is 0.685. The molecule has 0 bridgehead atoms. The molecule has 7 heteroatoms. The van der Waals surface area contributed by atoms with E-state index in [1.54, 1.807) is 0 Å². The molecule has 0 radical (unpaired) electrons. The zero-order valence-corrected chi connectivity index (χ0v) is 10.2. The molecule has 0 aliphatic rings. The van der Waals surface area contributed by atoms with Crippen LogP contribution in [0.25, 0.3) is 0 Å². The number of sulfone groups is 1. The van der Waals surface area contributed by atoms with Gasteiger partial charge in [0.25, 0.3) is 0 Å². The van der Waals surface area contributed by atoms with E-state index >= 15 is 0 Å². The molecule has 0 aromatic rings. The Hall–Kier alpha value is -1.11. The first-order valence-corrected chi connectivity index (χ1v) is 6.08. The lowest BCUT2D eigenvalue weighted by molar-refractivity contribution is -0.126. The van der Waals surface area contributed by atoms with Crippen LogP contribution in [0.5, 0.6) is 0 Å². The molecular formula is C8H16N2O4S. The summed E-state index contributed by atoms with van der Waals surface area (Å²) in [6.07, 6.45) is 0. The third-order valence-corrected chi connectivity index (χ3v) is 3.06. The zero-order valence-electron chi connectivity index (χ0n) is 9.35. The number of carbonyl (C=O) groups excluding carboxylic acids is 2. The molecule has 0 aliphatic carbocycles. The van der Waals surface area contributed by atoms with Gasteiger partial charge in [-0.05, 0) is 0 Å². The van der Waals surface area contributed by atoms with Gasteiger partial charge in [0.05, 0.1) is 0 Å². The number of carbonyl (C=O) groups is 2. The molecular weight excluding hydrogens is 220 g/mol. The quantitative estimate of drug-likeness (QED) is 0.600. The fraction of sp³-hybridized carbons (Fsp3) is 0.750. The maximum absolute atomic E-state index is 11.4. The van der Waals surface area contributed by atoms with Crippen LogP contribution in [-0.2, 0) is 19.4 Å². The molecule has 0 aromatic carbocycles. The minimum Gasteiger partial charge on any atom is -0.348 e. The van der Waals surface area contributed by atoms with E-state index in [9.17, 15) is 18.0 Å². The van der Waals surface area contributed by atoms with Crippen molar-refractivity contribution in [2.75, 3.05) is 39.7 Å². The lowest BCUT2D eigenvalue weighted by Crippen LogP contribution is -2.35. The summed E-state index contributed by atoms with van der Waals surface area (Å²) in [6, 6.07) is 0. The Morgan fingerprint density at radius 3 is 1.33 bits per heavy atom. The molecule has 0 aliphatic heterocycles. The summed E-state index contributed by atoms with van der Waals surface area (Å²) in [7, 11) is 2.20. The molecule has 2 amide bonds. The minimum absolute atomic E-state index is 0.526. The molecule has 15 heavy (non-hydrogen) atoms. The smallest absolute Gasteiger partial charge is 0.237 e. The summed E-state index contributed by atoms with van der Waals surface area (Å²) in [5, 5.41) is 0. The molecule has 0 fully saturated rings. The normalized spacial score (nSPS) is 10.9. The Kier molecular flexibility index (Phi) is 4.73. The van der Waals surface area contributed by atoms with Crippen LogP contribution in [0.3, 0.4) is 0 Å². The second-order valence-electron chi connectivity index (χ2n) is 3.61. The number of rotatable bonds is 4. The average molecular weight is 236 g/mol. The van der Waals surface area contributed by atoms with Gasteiger partial charge in [-0.3, -0.25) is 9.59 Å². The first-order valence-electron chi connectivity index (χ1n) is 4.26. The molecule has 0 atom stereocenters. The first-order chi connectivity index (χ1) is 6.65. The molecule has 0 saturated heterocycles. The molecule has 0 saturated carbocycles. The molecule has 0 unspecified atom stereocenters. The Balaban J connectivity index is 4.46. The van der Waals surface area contributed by atoms with E-state index in [0.29, 0.717) is 0 Å². The van der Waals surface area contributed by atoms with E-state index < -0.39 is 33.2 Å². The molecule has 0 rings (SSSR count). The van der Waals surface area contributed by atoms with Crippen molar-refractivity contribution in [1.82, 2.24) is 9.80 Å². The lowest BCUT2D eigenvalue weighted by atomic mass is 10.6. The van der Waals surface area contributed by atoms with Gasteiger partial charge in [-0.2, -0.15) is 0 Å². The predicted molar refractivity (Wildman–Crippen MR) is 56.0 cm³/mol. The van der Waals surface area contributed by atoms with Gasteiger partial charge < -0.3 is 9.80 Å². The highest BCUT2D eigenvalue weighted by Gasteiger charge is 2.22. The minimum atomic E-state index is -3.65. The van der Waals surface area contributed by atoms with E-state index in [1.165, 1.54) is 38.0 Å². The lowest BCUT2D eigenvalue weighted by Gasteiger charge is -2.12. The monoisotopic (exact) mass is 236 g/mol. The van der Waals surface area contributed by atoms with Crippen molar-refractivity contribution in [2.24, 2.45) is 0 Å². The van der Waals surface area contributed by atoms with Crippen molar-refractivity contribution in [1.29, 1.82) is 0 Å². The number of hydrogen-bond acceptors (Lipinski definition) is 4. The van der Waals surface area contributed by atoms with Crippen molar-refractivity contribution in [3.8, 4) is 0 Å². The topological polar surface area (TPSA) is 74.8 Å². The van der Waals surface area contributed by atoms with Crippen LogP contribution in [-0.4, -0.2) is 69.7 Å². The van der Waals surface area contributed by atoms with Crippen LogP contribution in [0.4, 0.5) is 0 Å². The summed E-state index contributed by atoms with van der Waals surface area (Å²) in [4.78, 5) is 24.6. The zero-order chi connectivity index (χ0) is 12.2. The van der Waals surface area contributed by atoms with Gasteiger partial charge in [-0.15, -0.1) is 0 Å². The predicted octanol–water partition coefficient (Wildman–Crippen LogP) is -1.42. The summed E-state index contributed by atoms with van der Waals surface area (Å²) in [5.74, 6) is -2.30. The highest BCUT2D eigenvalue weighted by Crippen LogP contribution is 1.95. The van der Waals surface area contributed by atoms with Gasteiger partial charge in [0.1, 0.15) is 11.5 Å². The van der Waals surface area contributed by atoms with Crippen LogP contribution in [0.1, 0.15) is 0 Å². The molecule has 0 spiro atoms. The Bertz CT molecular complexity index is 318. The number of hydrogen-bond donors (Lipinski definition) is 0. The van der Waals surface area contributed by atoms with Gasteiger partial charge in [0.2, 0.25) is 11.8 Å². The molecule has 88 valence electrons. The van der Waals surface area contributed by atoms with E-state index in [1.807, 2.05) is 0 Å². The summed E-state index contributed by atoms with van der Waals surface area (Å²) in [6.45, 7) is 0. The van der Waals surface area contributed by atoms with Crippen LogP contribution >= 0.6 is 0 Å². The SMILES string of the molecule is CN(C)C(=O)CS(=O)(=O)CC(=O)N(C)C. The van der Waals surface area contributed by atoms with E-state index in [0.717, 1.165) is 0 Å². The highest BCUT2D eigenvalue weighted by molar-refractivity contribution is 7.92. The maximum Gasteiger partial charge on any atom is 0.237 e. The van der Waals surface area contributed by atoms with Crippen molar-refractivity contribution in [3.05, 3.63) is 0 Å². The summed E-state index contributed by atoms with van der Waals surface area (Å²) < 4.78 is 22.7. The van der Waals surface area contributed by atoms with Gasteiger partial charge in [-0.1, -0.05) is 0 Å².